The van der Waals surface area contributed by atoms with Crippen molar-refractivity contribution in [1.82, 2.24) is 0 Å². The van der Waals surface area contributed by atoms with Crippen LogP contribution < -0.4 is 4.74 Å². The summed E-state index contributed by atoms with van der Waals surface area (Å²) in [5.74, 6) is -0.389. The van der Waals surface area contributed by atoms with E-state index in [2.05, 4.69) is 0 Å². The van der Waals surface area contributed by atoms with Gasteiger partial charge in [0.05, 0.1) is 11.1 Å². The van der Waals surface area contributed by atoms with Gasteiger partial charge in [0.1, 0.15) is 11.5 Å². The van der Waals surface area contributed by atoms with Crippen LogP contribution in [0.1, 0.15) is 37.4 Å². The number of benzene rings is 3. The van der Waals surface area contributed by atoms with E-state index in [1.807, 2.05) is 36.4 Å². The molecule has 3 aromatic carbocycles. The number of fused-ring (bicyclic) bond motifs is 6. The summed E-state index contributed by atoms with van der Waals surface area (Å²) in [6.45, 7) is 0. The maximum absolute atomic E-state index is 12.6. The minimum absolute atomic E-state index is 0.0999. The molecule has 0 saturated heterocycles. The third kappa shape index (κ3) is 1.74. The minimum Gasteiger partial charge on any atom is -0.478 e. The highest BCUT2D eigenvalue weighted by atomic mass is 16.6. The van der Waals surface area contributed by atoms with Gasteiger partial charge in [0.15, 0.2) is 5.60 Å². The van der Waals surface area contributed by atoms with Gasteiger partial charge < -0.3 is 14.6 Å². The van der Waals surface area contributed by atoms with Crippen molar-refractivity contribution < 1.29 is 24.2 Å². The highest BCUT2D eigenvalue weighted by molar-refractivity contribution is 5.99. The van der Waals surface area contributed by atoms with Crippen LogP contribution in [-0.2, 0) is 10.3 Å². The molecule has 0 amide bonds. The van der Waals surface area contributed by atoms with Gasteiger partial charge in [-0.15, -0.1) is 0 Å². The second-order valence-electron chi connectivity index (χ2n) is 6.23. The molecule has 1 N–H and O–H groups in total. The average Bonchev–Trinajstić information content (AvgIpc) is 2.95. The summed E-state index contributed by atoms with van der Waals surface area (Å²) in [4.78, 5) is 24.1. The first-order valence-corrected chi connectivity index (χ1v) is 8.09. The Hall–Kier alpha value is -3.60. The van der Waals surface area contributed by atoms with Crippen LogP contribution in [0.15, 0.2) is 66.7 Å². The van der Waals surface area contributed by atoms with E-state index in [4.69, 9.17) is 9.47 Å². The van der Waals surface area contributed by atoms with Crippen LogP contribution in [0.25, 0.3) is 0 Å². The van der Waals surface area contributed by atoms with Gasteiger partial charge in [0.2, 0.25) is 0 Å². The lowest BCUT2D eigenvalue weighted by molar-refractivity contribution is 0.0224. The van der Waals surface area contributed by atoms with Gasteiger partial charge in [-0.1, -0.05) is 36.4 Å². The predicted octanol–water partition coefficient (Wildman–Crippen LogP) is 3.95. The number of carboxylic acids is 1. The Morgan fingerprint density at radius 2 is 1.46 bits per heavy atom. The minimum atomic E-state index is -1.22. The van der Waals surface area contributed by atoms with Gasteiger partial charge in [-0.05, 0) is 30.3 Å². The number of carbonyl (C=O) groups is 2. The fourth-order valence-electron chi connectivity index (χ4n) is 3.75. The van der Waals surface area contributed by atoms with Crippen LogP contribution in [0.3, 0.4) is 0 Å². The van der Waals surface area contributed by atoms with Crippen molar-refractivity contribution in [2.75, 3.05) is 0 Å². The van der Waals surface area contributed by atoms with Crippen molar-refractivity contribution in [1.29, 1.82) is 0 Å². The van der Waals surface area contributed by atoms with Crippen LogP contribution in [0.4, 0.5) is 0 Å². The zero-order valence-electron chi connectivity index (χ0n) is 13.4. The number of ether oxygens (including phenoxy) is 2. The topological polar surface area (TPSA) is 72.8 Å². The lowest BCUT2D eigenvalue weighted by Crippen LogP contribution is -2.33. The molecule has 1 spiro atoms. The average molecular weight is 344 g/mol. The maximum atomic E-state index is 12.6. The SMILES string of the molecule is O=C(O)c1ccc2c(c1)C1(OC2=O)c2ccccc2Oc2ccccc21. The van der Waals surface area contributed by atoms with Crippen molar-refractivity contribution in [3.05, 3.63) is 94.5 Å². The fraction of sp³-hybridized carbons (Fsp3) is 0.0476. The summed E-state index contributed by atoms with van der Waals surface area (Å²) < 4.78 is 11.9. The van der Waals surface area contributed by atoms with Gasteiger partial charge in [0, 0.05) is 16.7 Å². The molecule has 5 rings (SSSR count). The number of carbonyl (C=O) groups excluding carboxylic acids is 1. The first-order valence-electron chi connectivity index (χ1n) is 8.09. The zero-order valence-corrected chi connectivity index (χ0v) is 13.4. The van der Waals surface area contributed by atoms with E-state index >= 15 is 0 Å². The van der Waals surface area contributed by atoms with Crippen molar-refractivity contribution in [3.63, 3.8) is 0 Å². The Labute approximate surface area is 148 Å². The highest BCUT2D eigenvalue weighted by Crippen LogP contribution is 2.55. The molecule has 0 aromatic heterocycles. The molecule has 0 bridgehead atoms. The summed E-state index contributed by atoms with van der Waals surface area (Å²) in [5, 5.41) is 9.41. The molecule has 2 aliphatic heterocycles. The van der Waals surface area contributed by atoms with E-state index in [0.717, 1.165) is 0 Å². The smallest absolute Gasteiger partial charge is 0.340 e. The van der Waals surface area contributed by atoms with Gasteiger partial charge >= 0.3 is 11.9 Å². The van der Waals surface area contributed by atoms with E-state index in [0.29, 0.717) is 33.8 Å². The number of hydrogen-bond donors (Lipinski definition) is 1. The molecular weight excluding hydrogens is 332 g/mol. The fourth-order valence-corrected chi connectivity index (χ4v) is 3.75. The normalized spacial score (nSPS) is 15.5. The van der Waals surface area contributed by atoms with Crippen LogP contribution in [0, 0.1) is 0 Å². The van der Waals surface area contributed by atoms with E-state index in [1.54, 1.807) is 12.1 Å². The standard InChI is InChI=1S/C21H12O5/c22-19(23)12-9-10-13-16(11-12)21(26-20(13)24)14-5-1-3-7-17(14)25-18-8-4-2-6-15(18)21/h1-11H,(H,22,23). The van der Waals surface area contributed by atoms with E-state index in [1.165, 1.54) is 18.2 Å². The van der Waals surface area contributed by atoms with E-state index < -0.39 is 17.5 Å². The summed E-state index contributed by atoms with van der Waals surface area (Å²) in [6, 6.07) is 19.1. The molecule has 126 valence electrons. The van der Waals surface area contributed by atoms with Crippen molar-refractivity contribution in [2.45, 2.75) is 5.60 Å². The number of carboxylic acid groups (broad SMARTS) is 1. The summed E-state index contributed by atoms with van der Waals surface area (Å²) in [5.41, 5.74) is 1.11. The van der Waals surface area contributed by atoms with Crippen LogP contribution in [-0.4, -0.2) is 17.0 Å². The number of para-hydroxylation sites is 2. The number of rotatable bonds is 1. The Morgan fingerprint density at radius 3 is 2.08 bits per heavy atom. The monoisotopic (exact) mass is 344 g/mol. The molecule has 0 atom stereocenters. The van der Waals surface area contributed by atoms with Gasteiger partial charge in [-0.2, -0.15) is 0 Å². The zero-order chi connectivity index (χ0) is 17.9. The largest absolute Gasteiger partial charge is 0.478 e. The third-order valence-electron chi connectivity index (χ3n) is 4.86. The Kier molecular flexibility index (Phi) is 2.80. The van der Waals surface area contributed by atoms with Gasteiger partial charge in [-0.3, -0.25) is 0 Å². The van der Waals surface area contributed by atoms with Crippen molar-refractivity contribution in [2.24, 2.45) is 0 Å². The number of hydrogen-bond acceptors (Lipinski definition) is 4. The second-order valence-corrected chi connectivity index (χ2v) is 6.23. The molecule has 26 heavy (non-hydrogen) atoms. The molecule has 2 heterocycles. The lowest BCUT2D eigenvalue weighted by atomic mass is 9.77. The highest BCUT2D eigenvalue weighted by Gasteiger charge is 2.53. The van der Waals surface area contributed by atoms with Crippen LogP contribution in [0.2, 0.25) is 0 Å². The lowest BCUT2D eigenvalue weighted by Gasteiger charge is -2.36. The van der Waals surface area contributed by atoms with E-state index in [9.17, 15) is 14.7 Å². The van der Waals surface area contributed by atoms with Crippen LogP contribution in [0.5, 0.6) is 11.5 Å². The van der Waals surface area contributed by atoms with Crippen LogP contribution >= 0.6 is 0 Å². The molecule has 0 saturated carbocycles. The van der Waals surface area contributed by atoms with Gasteiger partial charge in [0.25, 0.3) is 0 Å². The van der Waals surface area contributed by atoms with E-state index in [-0.39, 0.29) is 5.56 Å². The predicted molar refractivity (Wildman–Crippen MR) is 91.7 cm³/mol. The number of esters is 1. The van der Waals surface area contributed by atoms with Crippen molar-refractivity contribution >= 4 is 11.9 Å². The molecule has 3 aromatic rings. The Morgan fingerprint density at radius 1 is 0.846 bits per heavy atom. The molecule has 0 fully saturated rings. The molecule has 0 radical (unpaired) electrons. The molecule has 5 nitrogen and oxygen atoms in total. The molecular formula is C21H12O5. The number of aromatic carboxylic acids is 1. The summed E-state index contributed by atoms with van der Waals surface area (Å²) >= 11 is 0. The third-order valence-corrected chi connectivity index (χ3v) is 4.86. The molecule has 0 aliphatic carbocycles. The molecule has 5 heteroatoms. The molecule has 0 unspecified atom stereocenters. The Balaban J connectivity index is 1.91. The Bertz CT molecular complexity index is 1050. The summed E-state index contributed by atoms with van der Waals surface area (Å²) in [6.07, 6.45) is 0. The van der Waals surface area contributed by atoms with Gasteiger partial charge in [-0.25, -0.2) is 9.59 Å². The van der Waals surface area contributed by atoms with Crippen molar-refractivity contribution in [3.8, 4) is 11.5 Å². The second kappa shape index (κ2) is 4.95. The maximum Gasteiger partial charge on any atom is 0.340 e. The first-order chi connectivity index (χ1) is 12.6. The summed E-state index contributed by atoms with van der Waals surface area (Å²) in [7, 11) is 0. The first kappa shape index (κ1) is 14.7. The molecule has 2 aliphatic rings. The quantitative estimate of drug-likeness (QED) is 0.677.